The number of anilines is 1. The molecule has 19 heavy (non-hydrogen) atoms. The summed E-state index contributed by atoms with van der Waals surface area (Å²) in [4.78, 5) is 14.1. The Balaban J connectivity index is 1.99. The number of carbonyl (C=O) groups excluding carboxylic acids is 1. The third-order valence-corrected chi connectivity index (χ3v) is 3.60. The van der Waals surface area contributed by atoms with Crippen LogP contribution in [0.4, 0.5) is 5.69 Å². The summed E-state index contributed by atoms with van der Waals surface area (Å²) >= 11 is 6.03. The molecule has 1 aromatic carbocycles. The standard InChI is InChI=1S/C14H18ClN3O/c1-10-3-4-12(9-13(10)15)17-14(19)11(2)18-7-5-16-6-8-18/h3-4,9,16H,2,5-8H2,1H3,(H,17,19). The van der Waals surface area contributed by atoms with Crippen LogP contribution in [0.25, 0.3) is 0 Å². The predicted molar refractivity (Wildman–Crippen MR) is 78.4 cm³/mol. The van der Waals surface area contributed by atoms with E-state index < -0.39 is 0 Å². The third kappa shape index (κ3) is 3.49. The van der Waals surface area contributed by atoms with Gasteiger partial charge in [0.2, 0.25) is 0 Å². The molecule has 1 saturated heterocycles. The van der Waals surface area contributed by atoms with E-state index in [2.05, 4.69) is 17.2 Å². The lowest BCUT2D eigenvalue weighted by atomic mass is 10.2. The van der Waals surface area contributed by atoms with E-state index in [0.29, 0.717) is 16.4 Å². The maximum Gasteiger partial charge on any atom is 0.271 e. The first-order valence-electron chi connectivity index (χ1n) is 6.30. The van der Waals surface area contributed by atoms with E-state index in [9.17, 15) is 4.79 Å². The second-order valence-corrected chi connectivity index (χ2v) is 5.01. The van der Waals surface area contributed by atoms with Gasteiger partial charge in [-0.3, -0.25) is 4.79 Å². The van der Waals surface area contributed by atoms with Crippen LogP contribution in [-0.4, -0.2) is 37.0 Å². The summed E-state index contributed by atoms with van der Waals surface area (Å²) in [5.41, 5.74) is 2.18. The number of hydrogen-bond donors (Lipinski definition) is 2. The monoisotopic (exact) mass is 279 g/mol. The number of amides is 1. The second kappa shape index (κ2) is 6.08. The molecule has 0 saturated carbocycles. The number of hydrogen-bond acceptors (Lipinski definition) is 3. The molecule has 0 atom stereocenters. The number of carbonyl (C=O) groups is 1. The minimum Gasteiger partial charge on any atom is -0.365 e. The fourth-order valence-electron chi connectivity index (χ4n) is 1.95. The summed E-state index contributed by atoms with van der Waals surface area (Å²) in [6.07, 6.45) is 0. The van der Waals surface area contributed by atoms with Crippen molar-refractivity contribution in [1.29, 1.82) is 0 Å². The minimum atomic E-state index is -0.179. The van der Waals surface area contributed by atoms with Crippen LogP contribution < -0.4 is 10.6 Å². The average Bonchev–Trinajstić information content (AvgIpc) is 2.43. The van der Waals surface area contributed by atoms with Crippen molar-refractivity contribution in [1.82, 2.24) is 10.2 Å². The highest BCUT2D eigenvalue weighted by Gasteiger charge is 2.17. The Morgan fingerprint density at radius 2 is 2.11 bits per heavy atom. The van der Waals surface area contributed by atoms with Crippen molar-refractivity contribution >= 4 is 23.2 Å². The zero-order chi connectivity index (χ0) is 13.8. The van der Waals surface area contributed by atoms with Gasteiger partial charge in [0.1, 0.15) is 0 Å². The van der Waals surface area contributed by atoms with E-state index >= 15 is 0 Å². The predicted octanol–water partition coefficient (Wildman–Crippen LogP) is 2.01. The molecule has 0 radical (unpaired) electrons. The van der Waals surface area contributed by atoms with Crippen molar-refractivity contribution in [2.75, 3.05) is 31.5 Å². The maximum absolute atomic E-state index is 12.1. The van der Waals surface area contributed by atoms with E-state index in [4.69, 9.17) is 11.6 Å². The molecule has 102 valence electrons. The van der Waals surface area contributed by atoms with Crippen LogP contribution in [-0.2, 0) is 4.79 Å². The first-order valence-corrected chi connectivity index (χ1v) is 6.68. The van der Waals surface area contributed by atoms with Crippen molar-refractivity contribution in [2.24, 2.45) is 0 Å². The molecule has 1 fully saturated rings. The molecule has 0 aliphatic carbocycles. The molecule has 1 heterocycles. The summed E-state index contributed by atoms with van der Waals surface area (Å²) in [5.74, 6) is -0.179. The van der Waals surface area contributed by atoms with E-state index in [0.717, 1.165) is 31.7 Å². The lowest BCUT2D eigenvalue weighted by Crippen LogP contribution is -2.44. The second-order valence-electron chi connectivity index (χ2n) is 4.60. The van der Waals surface area contributed by atoms with Crippen molar-refractivity contribution in [3.8, 4) is 0 Å². The van der Waals surface area contributed by atoms with Gasteiger partial charge in [-0.1, -0.05) is 24.2 Å². The summed E-state index contributed by atoms with van der Waals surface area (Å²) in [6.45, 7) is 9.16. The number of nitrogens with one attached hydrogen (secondary N) is 2. The first-order chi connectivity index (χ1) is 9.08. The van der Waals surface area contributed by atoms with Crippen LogP contribution in [0.15, 0.2) is 30.5 Å². The van der Waals surface area contributed by atoms with Gasteiger partial charge in [0.15, 0.2) is 0 Å². The molecule has 1 aliphatic heterocycles. The van der Waals surface area contributed by atoms with E-state index in [1.165, 1.54) is 0 Å². The molecule has 2 N–H and O–H groups in total. The van der Waals surface area contributed by atoms with Crippen molar-refractivity contribution in [3.63, 3.8) is 0 Å². The number of aryl methyl sites for hydroxylation is 1. The molecule has 0 bridgehead atoms. The summed E-state index contributed by atoms with van der Waals surface area (Å²) in [6, 6.07) is 5.47. The Morgan fingerprint density at radius 1 is 1.42 bits per heavy atom. The quantitative estimate of drug-likeness (QED) is 0.832. The van der Waals surface area contributed by atoms with Gasteiger partial charge in [-0.05, 0) is 24.6 Å². The van der Waals surface area contributed by atoms with Crippen LogP contribution in [0.2, 0.25) is 5.02 Å². The summed E-state index contributed by atoms with van der Waals surface area (Å²) in [5, 5.41) is 6.71. The SMILES string of the molecule is C=C(C(=O)Nc1ccc(C)c(Cl)c1)N1CCNCC1. The van der Waals surface area contributed by atoms with Crippen LogP contribution in [0.5, 0.6) is 0 Å². The number of benzene rings is 1. The van der Waals surface area contributed by atoms with Gasteiger partial charge in [-0.15, -0.1) is 0 Å². The Labute approximate surface area is 118 Å². The Morgan fingerprint density at radius 3 is 2.74 bits per heavy atom. The van der Waals surface area contributed by atoms with Gasteiger partial charge < -0.3 is 15.5 Å². The summed E-state index contributed by atoms with van der Waals surface area (Å²) < 4.78 is 0. The molecule has 1 amide bonds. The highest BCUT2D eigenvalue weighted by Crippen LogP contribution is 2.20. The number of piperazine rings is 1. The number of halogens is 1. The van der Waals surface area contributed by atoms with Crippen LogP contribution in [0.3, 0.4) is 0 Å². The maximum atomic E-state index is 12.1. The van der Waals surface area contributed by atoms with E-state index in [-0.39, 0.29) is 5.91 Å². The molecule has 1 aliphatic rings. The van der Waals surface area contributed by atoms with E-state index in [1.807, 2.05) is 24.0 Å². The highest BCUT2D eigenvalue weighted by atomic mass is 35.5. The van der Waals surface area contributed by atoms with Gasteiger partial charge in [-0.2, -0.15) is 0 Å². The largest absolute Gasteiger partial charge is 0.365 e. The van der Waals surface area contributed by atoms with Gasteiger partial charge in [-0.25, -0.2) is 0 Å². The molecular weight excluding hydrogens is 262 g/mol. The lowest BCUT2D eigenvalue weighted by Gasteiger charge is -2.30. The molecule has 0 spiro atoms. The van der Waals surface area contributed by atoms with Gasteiger partial charge >= 0.3 is 0 Å². The number of rotatable bonds is 3. The highest BCUT2D eigenvalue weighted by molar-refractivity contribution is 6.31. The Bertz CT molecular complexity index is 495. The van der Waals surface area contributed by atoms with Gasteiger partial charge in [0.05, 0.1) is 5.70 Å². The Hall–Kier alpha value is -1.52. The van der Waals surface area contributed by atoms with Gasteiger partial charge in [0, 0.05) is 36.9 Å². The molecule has 2 rings (SSSR count). The molecule has 0 unspecified atom stereocenters. The fraction of sp³-hybridized carbons (Fsp3) is 0.357. The Kier molecular flexibility index (Phi) is 4.45. The first kappa shape index (κ1) is 13.9. The van der Waals surface area contributed by atoms with Crippen molar-refractivity contribution in [3.05, 3.63) is 41.1 Å². The molecule has 5 heteroatoms. The minimum absolute atomic E-state index is 0.179. The van der Waals surface area contributed by atoms with Crippen LogP contribution >= 0.6 is 11.6 Å². The van der Waals surface area contributed by atoms with E-state index in [1.54, 1.807) is 6.07 Å². The zero-order valence-corrected chi connectivity index (χ0v) is 11.8. The molecular formula is C14H18ClN3O. The van der Waals surface area contributed by atoms with Crippen molar-refractivity contribution < 1.29 is 4.79 Å². The van der Waals surface area contributed by atoms with Crippen LogP contribution in [0.1, 0.15) is 5.56 Å². The third-order valence-electron chi connectivity index (χ3n) is 3.19. The summed E-state index contributed by atoms with van der Waals surface area (Å²) in [7, 11) is 0. The molecule has 0 aromatic heterocycles. The number of nitrogens with zero attached hydrogens (tertiary/aromatic N) is 1. The normalized spacial score (nSPS) is 15.2. The average molecular weight is 280 g/mol. The van der Waals surface area contributed by atoms with Crippen LogP contribution in [0, 0.1) is 6.92 Å². The topological polar surface area (TPSA) is 44.4 Å². The van der Waals surface area contributed by atoms with Crippen molar-refractivity contribution in [2.45, 2.75) is 6.92 Å². The van der Waals surface area contributed by atoms with Gasteiger partial charge in [0.25, 0.3) is 5.91 Å². The lowest BCUT2D eigenvalue weighted by molar-refractivity contribution is -0.114. The molecule has 4 nitrogen and oxygen atoms in total. The smallest absolute Gasteiger partial charge is 0.271 e. The molecule has 1 aromatic rings. The fourth-order valence-corrected chi connectivity index (χ4v) is 2.13. The zero-order valence-electron chi connectivity index (χ0n) is 11.0.